The number of hydrogen-bond donors (Lipinski definition) is 0. The minimum Gasteiger partial charge on any atom is -0.497 e. The van der Waals surface area contributed by atoms with Gasteiger partial charge in [-0.2, -0.15) is 0 Å². The number of nitrogens with zero attached hydrogens (tertiary/aromatic N) is 3. The Morgan fingerprint density at radius 1 is 1.03 bits per heavy atom. The van der Waals surface area contributed by atoms with Crippen molar-refractivity contribution in [3.63, 3.8) is 0 Å². The standard InChI is InChI=1S/C27H32ClN3O3/c1-20(2)31(18-21-6-4-9-24(16-21)33-3)19-25-10-11-26(34-25)27(32)30-14-12-29(13-15-30)23-8-5-7-22(28)17-23/h4-11,16-17,20H,12-15,18-19H2,1-3H3. The van der Waals surface area contributed by atoms with Crippen LogP contribution in [0.25, 0.3) is 0 Å². The van der Waals surface area contributed by atoms with Crippen LogP contribution in [0.1, 0.15) is 35.7 Å². The fourth-order valence-corrected chi connectivity index (χ4v) is 4.39. The van der Waals surface area contributed by atoms with Gasteiger partial charge < -0.3 is 19.0 Å². The van der Waals surface area contributed by atoms with E-state index in [1.54, 1.807) is 13.2 Å². The Morgan fingerprint density at radius 2 is 1.79 bits per heavy atom. The van der Waals surface area contributed by atoms with E-state index < -0.39 is 0 Å². The van der Waals surface area contributed by atoms with Crippen molar-refractivity contribution in [2.24, 2.45) is 0 Å². The third kappa shape index (κ3) is 5.93. The van der Waals surface area contributed by atoms with Crippen molar-refractivity contribution >= 4 is 23.2 Å². The molecule has 4 rings (SSSR count). The SMILES string of the molecule is COc1cccc(CN(Cc2ccc(C(=O)N3CCN(c4cccc(Cl)c4)CC3)o2)C(C)C)c1. The predicted molar refractivity (Wildman–Crippen MR) is 136 cm³/mol. The Kier molecular flexibility index (Phi) is 7.80. The highest BCUT2D eigenvalue weighted by Crippen LogP contribution is 2.22. The summed E-state index contributed by atoms with van der Waals surface area (Å²) in [6, 6.07) is 20.0. The summed E-state index contributed by atoms with van der Waals surface area (Å²) in [6.45, 7) is 8.55. The second kappa shape index (κ2) is 11.0. The van der Waals surface area contributed by atoms with Crippen molar-refractivity contribution < 1.29 is 13.9 Å². The molecular weight excluding hydrogens is 450 g/mol. The maximum atomic E-state index is 13.1. The molecule has 1 aliphatic rings. The van der Waals surface area contributed by atoms with Gasteiger partial charge in [-0.3, -0.25) is 9.69 Å². The highest BCUT2D eigenvalue weighted by molar-refractivity contribution is 6.30. The first-order valence-electron chi connectivity index (χ1n) is 11.7. The van der Waals surface area contributed by atoms with Crippen molar-refractivity contribution in [2.45, 2.75) is 33.0 Å². The molecule has 0 atom stereocenters. The first-order valence-corrected chi connectivity index (χ1v) is 12.1. The topological polar surface area (TPSA) is 49.2 Å². The molecule has 0 N–H and O–H groups in total. The van der Waals surface area contributed by atoms with Crippen LogP contribution in [-0.4, -0.2) is 55.0 Å². The van der Waals surface area contributed by atoms with Crippen molar-refractivity contribution in [2.75, 3.05) is 38.2 Å². The first kappa shape index (κ1) is 24.2. The van der Waals surface area contributed by atoms with Gasteiger partial charge in [-0.05, 0) is 61.9 Å². The number of carbonyl (C=O) groups is 1. The molecule has 1 fully saturated rings. The molecule has 1 aromatic heterocycles. The van der Waals surface area contributed by atoms with Crippen LogP contribution in [0.3, 0.4) is 0 Å². The molecule has 3 aromatic rings. The van der Waals surface area contributed by atoms with E-state index in [9.17, 15) is 4.79 Å². The Balaban J connectivity index is 1.36. The minimum atomic E-state index is -0.0547. The lowest BCUT2D eigenvalue weighted by Crippen LogP contribution is -2.48. The number of carbonyl (C=O) groups excluding carboxylic acids is 1. The summed E-state index contributed by atoms with van der Waals surface area (Å²) in [4.78, 5) is 19.5. The molecule has 0 spiro atoms. The second-order valence-corrected chi connectivity index (χ2v) is 9.31. The van der Waals surface area contributed by atoms with Gasteiger partial charge in [-0.25, -0.2) is 0 Å². The quantitative estimate of drug-likeness (QED) is 0.436. The largest absolute Gasteiger partial charge is 0.497 e. The highest BCUT2D eigenvalue weighted by atomic mass is 35.5. The molecule has 1 aliphatic heterocycles. The number of rotatable bonds is 8. The maximum Gasteiger partial charge on any atom is 0.289 e. The van der Waals surface area contributed by atoms with E-state index >= 15 is 0 Å². The predicted octanol–water partition coefficient (Wildman–Crippen LogP) is 5.31. The Bertz CT molecular complexity index is 1110. The average Bonchev–Trinajstić information content (AvgIpc) is 3.32. The van der Waals surface area contributed by atoms with Crippen molar-refractivity contribution in [3.8, 4) is 5.75 Å². The van der Waals surface area contributed by atoms with Crippen LogP contribution in [-0.2, 0) is 13.1 Å². The van der Waals surface area contributed by atoms with Crippen LogP contribution >= 0.6 is 11.6 Å². The van der Waals surface area contributed by atoms with Gasteiger partial charge in [0.05, 0.1) is 13.7 Å². The smallest absolute Gasteiger partial charge is 0.289 e. The van der Waals surface area contributed by atoms with Gasteiger partial charge in [0.1, 0.15) is 11.5 Å². The summed E-state index contributed by atoms with van der Waals surface area (Å²) >= 11 is 6.13. The number of benzene rings is 2. The number of amides is 1. The summed E-state index contributed by atoms with van der Waals surface area (Å²) in [5.74, 6) is 1.98. The molecule has 0 aliphatic carbocycles. The molecule has 0 radical (unpaired) electrons. The zero-order valence-corrected chi connectivity index (χ0v) is 20.8. The number of methoxy groups -OCH3 is 1. The summed E-state index contributed by atoms with van der Waals surface area (Å²) in [5.41, 5.74) is 2.26. The fraction of sp³-hybridized carbons (Fsp3) is 0.370. The van der Waals surface area contributed by atoms with E-state index in [4.69, 9.17) is 20.8 Å². The zero-order valence-electron chi connectivity index (χ0n) is 20.0. The normalized spacial score (nSPS) is 14.2. The number of hydrogen-bond acceptors (Lipinski definition) is 5. The molecule has 180 valence electrons. The molecule has 0 saturated carbocycles. The summed E-state index contributed by atoms with van der Waals surface area (Å²) in [5, 5.41) is 0.723. The zero-order chi connectivity index (χ0) is 24.1. The first-order chi connectivity index (χ1) is 16.4. The van der Waals surface area contributed by atoms with Crippen LogP contribution in [0.5, 0.6) is 5.75 Å². The third-order valence-electron chi connectivity index (χ3n) is 6.22. The van der Waals surface area contributed by atoms with Crippen LogP contribution in [0, 0.1) is 0 Å². The summed E-state index contributed by atoms with van der Waals surface area (Å²) in [6.07, 6.45) is 0. The van der Waals surface area contributed by atoms with Crippen LogP contribution in [0.2, 0.25) is 5.02 Å². The summed E-state index contributed by atoms with van der Waals surface area (Å²) in [7, 11) is 1.68. The minimum absolute atomic E-state index is 0.0547. The summed E-state index contributed by atoms with van der Waals surface area (Å²) < 4.78 is 11.4. The Labute approximate surface area is 206 Å². The molecule has 7 heteroatoms. The lowest BCUT2D eigenvalue weighted by Gasteiger charge is -2.35. The van der Waals surface area contributed by atoms with Gasteiger partial charge in [-0.15, -0.1) is 0 Å². The van der Waals surface area contributed by atoms with E-state index in [1.165, 1.54) is 5.56 Å². The average molecular weight is 482 g/mol. The molecule has 1 amide bonds. The van der Waals surface area contributed by atoms with E-state index in [1.807, 2.05) is 47.4 Å². The van der Waals surface area contributed by atoms with E-state index in [2.05, 4.69) is 35.8 Å². The molecule has 6 nitrogen and oxygen atoms in total. The highest BCUT2D eigenvalue weighted by Gasteiger charge is 2.25. The van der Waals surface area contributed by atoms with E-state index in [-0.39, 0.29) is 5.91 Å². The molecule has 2 aromatic carbocycles. The van der Waals surface area contributed by atoms with Crippen molar-refractivity contribution in [1.82, 2.24) is 9.80 Å². The lowest BCUT2D eigenvalue weighted by molar-refractivity contribution is 0.0709. The molecule has 0 unspecified atom stereocenters. The monoisotopic (exact) mass is 481 g/mol. The Morgan fingerprint density at radius 3 is 2.50 bits per heavy atom. The molecule has 0 bridgehead atoms. The second-order valence-electron chi connectivity index (χ2n) is 8.88. The molecule has 1 saturated heterocycles. The van der Waals surface area contributed by atoms with Crippen LogP contribution in [0.4, 0.5) is 5.69 Å². The lowest BCUT2D eigenvalue weighted by atomic mass is 10.1. The van der Waals surface area contributed by atoms with Crippen LogP contribution in [0.15, 0.2) is 65.1 Å². The van der Waals surface area contributed by atoms with Gasteiger partial charge in [0.2, 0.25) is 0 Å². The number of ether oxygens (including phenoxy) is 1. The fourth-order valence-electron chi connectivity index (χ4n) is 4.20. The van der Waals surface area contributed by atoms with Gasteiger partial charge in [0.15, 0.2) is 5.76 Å². The van der Waals surface area contributed by atoms with Gasteiger partial charge >= 0.3 is 0 Å². The number of furan rings is 1. The van der Waals surface area contributed by atoms with E-state index in [0.717, 1.165) is 41.9 Å². The van der Waals surface area contributed by atoms with Crippen molar-refractivity contribution in [3.05, 3.63) is 82.8 Å². The van der Waals surface area contributed by atoms with Gasteiger partial charge in [-0.1, -0.05) is 29.8 Å². The molecular formula is C27H32ClN3O3. The van der Waals surface area contributed by atoms with Crippen LogP contribution < -0.4 is 9.64 Å². The molecule has 34 heavy (non-hydrogen) atoms. The number of piperazine rings is 1. The van der Waals surface area contributed by atoms with Gasteiger partial charge in [0.25, 0.3) is 5.91 Å². The Hall–Kier alpha value is -2.96. The molecule has 2 heterocycles. The maximum absolute atomic E-state index is 13.1. The number of halogens is 1. The third-order valence-corrected chi connectivity index (χ3v) is 6.46. The van der Waals surface area contributed by atoms with E-state index in [0.29, 0.717) is 31.4 Å². The number of anilines is 1. The van der Waals surface area contributed by atoms with Crippen molar-refractivity contribution in [1.29, 1.82) is 0 Å². The van der Waals surface area contributed by atoms with Gasteiger partial charge in [0, 0.05) is 49.5 Å².